The number of aliphatic hydroxyl groups is 1. The number of nitrogens with zero attached hydrogens (tertiary/aromatic N) is 5. The summed E-state index contributed by atoms with van der Waals surface area (Å²) >= 11 is 0. The second-order valence-electron chi connectivity index (χ2n) is 7.32. The highest BCUT2D eigenvalue weighted by atomic mass is 16.3. The van der Waals surface area contributed by atoms with Crippen molar-refractivity contribution in [2.75, 3.05) is 17.7 Å². The topological polar surface area (TPSA) is 131 Å². The van der Waals surface area contributed by atoms with Gasteiger partial charge in [0.05, 0.1) is 12.4 Å². The number of imidazole rings is 1. The van der Waals surface area contributed by atoms with Gasteiger partial charge in [-0.15, -0.1) is 0 Å². The standard InChI is InChI=1S/C17H27N7O2/c1-10(8-25)7-13(23-26)11(2)24-9-19-14-15(20-12-5-3-4-6-12)21-17(18)22-16(14)24/h9-13,25H,3-8H2,1-2H3,(H3,18,20,21,22)/t10-,11+,13+/m0/s1. The first-order valence-electron chi connectivity index (χ1n) is 9.23. The number of hydrogen-bond donors (Lipinski definition) is 3. The van der Waals surface area contributed by atoms with Crippen molar-refractivity contribution in [2.24, 2.45) is 11.1 Å². The van der Waals surface area contributed by atoms with E-state index in [9.17, 15) is 10.0 Å². The van der Waals surface area contributed by atoms with Gasteiger partial charge < -0.3 is 20.7 Å². The van der Waals surface area contributed by atoms with Gasteiger partial charge in [0.25, 0.3) is 0 Å². The lowest BCUT2D eigenvalue weighted by Gasteiger charge is -2.21. The lowest BCUT2D eigenvalue weighted by molar-refractivity contribution is 0.215. The Morgan fingerprint density at radius 3 is 2.77 bits per heavy atom. The number of aromatic nitrogens is 4. The zero-order chi connectivity index (χ0) is 18.7. The molecule has 1 fully saturated rings. The first-order chi connectivity index (χ1) is 12.5. The van der Waals surface area contributed by atoms with Crippen molar-refractivity contribution in [1.82, 2.24) is 19.5 Å². The molecule has 0 saturated heterocycles. The van der Waals surface area contributed by atoms with Crippen LogP contribution in [0.25, 0.3) is 11.2 Å². The molecule has 0 aliphatic heterocycles. The van der Waals surface area contributed by atoms with Gasteiger partial charge in [-0.3, -0.25) is 0 Å². The lowest BCUT2D eigenvalue weighted by Crippen LogP contribution is -2.23. The fraction of sp³-hybridized carbons (Fsp3) is 0.706. The van der Waals surface area contributed by atoms with E-state index >= 15 is 0 Å². The number of nitrogens with two attached hydrogens (primary N) is 1. The maximum absolute atomic E-state index is 11.4. The van der Waals surface area contributed by atoms with Crippen LogP contribution >= 0.6 is 0 Å². The molecule has 26 heavy (non-hydrogen) atoms. The zero-order valence-corrected chi connectivity index (χ0v) is 15.3. The van der Waals surface area contributed by atoms with Crippen molar-refractivity contribution in [3.05, 3.63) is 11.2 Å². The number of hydrogen-bond acceptors (Lipinski definition) is 8. The molecule has 9 nitrogen and oxygen atoms in total. The van der Waals surface area contributed by atoms with Gasteiger partial charge >= 0.3 is 0 Å². The lowest BCUT2D eigenvalue weighted by atomic mass is 9.98. The van der Waals surface area contributed by atoms with E-state index < -0.39 is 6.04 Å². The molecule has 3 rings (SSSR count). The molecule has 0 unspecified atom stereocenters. The predicted octanol–water partition coefficient (Wildman–Crippen LogP) is 2.48. The van der Waals surface area contributed by atoms with Crippen LogP contribution in [-0.4, -0.2) is 43.3 Å². The second kappa shape index (κ2) is 7.94. The Morgan fingerprint density at radius 1 is 1.38 bits per heavy atom. The monoisotopic (exact) mass is 361 g/mol. The van der Waals surface area contributed by atoms with E-state index in [1.54, 1.807) is 6.33 Å². The Hall–Kier alpha value is -2.29. The van der Waals surface area contributed by atoms with E-state index in [4.69, 9.17) is 5.73 Å². The predicted molar refractivity (Wildman–Crippen MR) is 101 cm³/mol. The van der Waals surface area contributed by atoms with Crippen molar-refractivity contribution in [2.45, 2.75) is 64.1 Å². The van der Waals surface area contributed by atoms with Gasteiger partial charge in [-0.1, -0.05) is 24.9 Å². The largest absolute Gasteiger partial charge is 0.396 e. The summed E-state index contributed by atoms with van der Waals surface area (Å²) in [6.45, 7) is 3.81. The van der Waals surface area contributed by atoms with Gasteiger partial charge in [0, 0.05) is 12.6 Å². The number of nitrogen functional groups attached to an aromatic ring is 1. The summed E-state index contributed by atoms with van der Waals surface area (Å²) < 4.78 is 1.82. The molecule has 0 amide bonds. The molecule has 2 aromatic rings. The van der Waals surface area contributed by atoms with E-state index in [1.165, 1.54) is 12.8 Å². The third kappa shape index (κ3) is 3.77. The molecule has 9 heteroatoms. The number of aliphatic hydroxyl groups excluding tert-OH is 1. The third-order valence-corrected chi connectivity index (χ3v) is 5.22. The highest BCUT2D eigenvalue weighted by Gasteiger charge is 2.26. The van der Waals surface area contributed by atoms with Crippen LogP contribution in [0.4, 0.5) is 11.8 Å². The molecule has 1 saturated carbocycles. The van der Waals surface area contributed by atoms with Crippen LogP contribution in [0.5, 0.6) is 0 Å². The van der Waals surface area contributed by atoms with Crippen LogP contribution in [-0.2, 0) is 0 Å². The highest BCUT2D eigenvalue weighted by Crippen LogP contribution is 2.29. The average molecular weight is 361 g/mol. The molecule has 1 aliphatic carbocycles. The van der Waals surface area contributed by atoms with Crippen LogP contribution in [0.1, 0.15) is 52.0 Å². The summed E-state index contributed by atoms with van der Waals surface area (Å²) in [4.78, 5) is 24.5. The minimum absolute atomic E-state index is 0.00535. The molecule has 0 spiro atoms. The van der Waals surface area contributed by atoms with Crippen molar-refractivity contribution in [3.63, 3.8) is 0 Å². The first kappa shape index (κ1) is 18.5. The first-order valence-corrected chi connectivity index (χ1v) is 9.23. The average Bonchev–Trinajstić information content (AvgIpc) is 3.28. The van der Waals surface area contributed by atoms with E-state index in [-0.39, 0.29) is 24.5 Å². The van der Waals surface area contributed by atoms with Crippen molar-refractivity contribution >= 4 is 22.9 Å². The van der Waals surface area contributed by atoms with Crippen LogP contribution in [0.15, 0.2) is 11.5 Å². The molecule has 1 aliphatic rings. The third-order valence-electron chi connectivity index (χ3n) is 5.22. The number of nitroso groups, excluding NO2 is 1. The quantitative estimate of drug-likeness (QED) is 0.615. The van der Waals surface area contributed by atoms with Crippen LogP contribution < -0.4 is 11.1 Å². The Labute approximate surface area is 152 Å². The molecule has 0 bridgehead atoms. The number of nitrogens with one attached hydrogen (secondary N) is 1. The summed E-state index contributed by atoms with van der Waals surface area (Å²) in [6.07, 6.45) is 6.79. The molecule has 2 heterocycles. The van der Waals surface area contributed by atoms with Crippen molar-refractivity contribution in [1.29, 1.82) is 0 Å². The summed E-state index contributed by atoms with van der Waals surface area (Å²) in [7, 11) is 0. The van der Waals surface area contributed by atoms with Crippen molar-refractivity contribution in [3.8, 4) is 0 Å². The van der Waals surface area contributed by atoms with Crippen molar-refractivity contribution < 1.29 is 5.11 Å². The summed E-state index contributed by atoms with van der Waals surface area (Å²) in [5.41, 5.74) is 7.16. The fourth-order valence-electron chi connectivity index (χ4n) is 3.60. The number of fused-ring (bicyclic) bond motifs is 1. The van der Waals surface area contributed by atoms with Gasteiger partial charge in [-0.25, -0.2) is 4.98 Å². The smallest absolute Gasteiger partial charge is 0.224 e. The fourth-order valence-corrected chi connectivity index (χ4v) is 3.60. The highest BCUT2D eigenvalue weighted by molar-refractivity contribution is 5.84. The minimum Gasteiger partial charge on any atom is -0.396 e. The van der Waals surface area contributed by atoms with Gasteiger partial charge in [0.15, 0.2) is 17.0 Å². The van der Waals surface area contributed by atoms with Gasteiger partial charge in [0.1, 0.15) is 6.04 Å². The van der Waals surface area contributed by atoms with Crippen LogP contribution in [0.3, 0.4) is 0 Å². The van der Waals surface area contributed by atoms with Gasteiger partial charge in [-0.2, -0.15) is 14.9 Å². The summed E-state index contributed by atoms with van der Waals surface area (Å²) in [5.74, 6) is 0.810. The van der Waals surface area contributed by atoms with E-state index in [1.807, 2.05) is 18.4 Å². The molecule has 0 aromatic carbocycles. The Morgan fingerprint density at radius 2 is 2.12 bits per heavy atom. The normalized spacial score (nSPS) is 18.7. The number of rotatable bonds is 8. The molecule has 142 valence electrons. The Balaban J connectivity index is 1.91. The molecular formula is C17H27N7O2. The van der Waals surface area contributed by atoms with Gasteiger partial charge in [0.2, 0.25) is 5.95 Å². The van der Waals surface area contributed by atoms with E-state index in [0.717, 1.165) is 12.8 Å². The molecule has 4 N–H and O–H groups in total. The maximum Gasteiger partial charge on any atom is 0.224 e. The summed E-state index contributed by atoms with van der Waals surface area (Å²) in [5, 5.41) is 16.0. The van der Waals surface area contributed by atoms with E-state index in [0.29, 0.717) is 29.4 Å². The molecule has 0 radical (unpaired) electrons. The maximum atomic E-state index is 11.4. The molecule has 3 atom stereocenters. The summed E-state index contributed by atoms with van der Waals surface area (Å²) in [6, 6.07) is -0.359. The molecule has 2 aromatic heterocycles. The zero-order valence-electron chi connectivity index (χ0n) is 15.3. The van der Waals surface area contributed by atoms with Crippen LogP contribution in [0.2, 0.25) is 0 Å². The Bertz CT molecular complexity index is 757. The number of anilines is 2. The van der Waals surface area contributed by atoms with Gasteiger partial charge in [-0.05, 0) is 32.1 Å². The Kier molecular flexibility index (Phi) is 5.65. The SMILES string of the molecule is C[C@H](CO)C[C@@H](N=O)[C@@H](C)n1cnc2c(NC3CCCC3)nc(N)nc21. The van der Waals surface area contributed by atoms with Crippen LogP contribution in [0, 0.1) is 10.8 Å². The second-order valence-corrected chi connectivity index (χ2v) is 7.32. The molecular weight excluding hydrogens is 334 g/mol. The van der Waals surface area contributed by atoms with E-state index in [2.05, 4.69) is 25.4 Å². The minimum atomic E-state index is -0.489.